The fourth-order valence-electron chi connectivity index (χ4n) is 3.92. The Bertz CT molecular complexity index is 1250. The lowest BCUT2D eigenvalue weighted by Gasteiger charge is -2.14. The Labute approximate surface area is 217 Å². The average Bonchev–Trinajstić information content (AvgIpc) is 3.21. The van der Waals surface area contributed by atoms with Crippen molar-refractivity contribution in [3.05, 3.63) is 89.5 Å². The molecule has 3 aromatic carbocycles. The number of rotatable bonds is 11. The van der Waals surface area contributed by atoms with Crippen molar-refractivity contribution in [3.8, 4) is 17.2 Å². The van der Waals surface area contributed by atoms with Crippen molar-refractivity contribution in [2.24, 2.45) is 0 Å². The summed E-state index contributed by atoms with van der Waals surface area (Å²) in [5.41, 5.74) is 5.20. The van der Waals surface area contributed by atoms with Gasteiger partial charge in [0.15, 0.2) is 11.5 Å². The van der Waals surface area contributed by atoms with Crippen molar-refractivity contribution in [1.82, 2.24) is 5.43 Å². The number of anilines is 1. The summed E-state index contributed by atoms with van der Waals surface area (Å²) in [6.45, 7) is 7.42. The first kappa shape index (κ1) is 25.8. The van der Waals surface area contributed by atoms with Crippen LogP contribution >= 0.6 is 0 Å². The molecular formula is C30H32N2O5. The Kier molecular flexibility index (Phi) is 8.46. The molecule has 7 nitrogen and oxygen atoms in total. The molecule has 1 saturated heterocycles. The van der Waals surface area contributed by atoms with E-state index in [0.29, 0.717) is 48.5 Å². The average molecular weight is 501 g/mol. The zero-order valence-electron chi connectivity index (χ0n) is 21.4. The molecule has 0 unspecified atom stereocenters. The number of hydrogen-bond acceptors (Lipinski definition) is 5. The van der Waals surface area contributed by atoms with Crippen LogP contribution in [0, 0.1) is 0 Å². The molecule has 1 atom stereocenters. The van der Waals surface area contributed by atoms with Crippen LogP contribution in [0.4, 0.5) is 5.69 Å². The zero-order valence-corrected chi connectivity index (χ0v) is 21.4. The Hall–Kier alpha value is -4.26. The molecule has 7 heteroatoms. The normalized spacial score (nSPS) is 15.0. The molecule has 0 radical (unpaired) electrons. The maximum Gasteiger partial charge on any atom is 0.282 e. The minimum atomic E-state index is -0.457. The van der Waals surface area contributed by atoms with Crippen LogP contribution in [-0.4, -0.2) is 31.6 Å². The van der Waals surface area contributed by atoms with E-state index in [0.717, 1.165) is 12.2 Å². The van der Waals surface area contributed by atoms with Crippen molar-refractivity contribution in [3.63, 3.8) is 0 Å². The molecule has 0 spiro atoms. The highest BCUT2D eigenvalue weighted by molar-refractivity contribution is 6.31. The Balaban J connectivity index is 1.39. The molecule has 192 valence electrons. The van der Waals surface area contributed by atoms with Crippen LogP contribution in [-0.2, 0) is 9.59 Å². The van der Waals surface area contributed by atoms with Gasteiger partial charge in [-0.15, -0.1) is 0 Å². The lowest BCUT2D eigenvalue weighted by Crippen LogP contribution is -2.35. The first-order valence-electron chi connectivity index (χ1n) is 12.5. The fourth-order valence-corrected chi connectivity index (χ4v) is 3.92. The number of carbonyl (C=O) groups excluding carboxylic acids is 2. The Morgan fingerprint density at radius 3 is 2.30 bits per heavy atom. The van der Waals surface area contributed by atoms with E-state index in [1.807, 2.05) is 25.1 Å². The van der Waals surface area contributed by atoms with E-state index >= 15 is 0 Å². The molecule has 0 aromatic heterocycles. The highest BCUT2D eigenvalue weighted by Gasteiger charge is 2.34. The third-order valence-corrected chi connectivity index (χ3v) is 6.16. The van der Waals surface area contributed by atoms with Crippen LogP contribution in [0.3, 0.4) is 0 Å². The molecule has 0 saturated carbocycles. The van der Waals surface area contributed by atoms with Crippen molar-refractivity contribution < 1.29 is 23.8 Å². The zero-order chi connectivity index (χ0) is 26.2. The lowest BCUT2D eigenvalue weighted by molar-refractivity contribution is -0.117. The van der Waals surface area contributed by atoms with Crippen molar-refractivity contribution in [1.29, 1.82) is 0 Å². The third kappa shape index (κ3) is 6.30. The molecule has 1 fully saturated rings. The van der Waals surface area contributed by atoms with Crippen LogP contribution in [0.5, 0.6) is 17.2 Å². The second-order valence-electron chi connectivity index (χ2n) is 8.69. The van der Waals surface area contributed by atoms with Gasteiger partial charge in [-0.3, -0.25) is 15.0 Å². The first-order valence-corrected chi connectivity index (χ1v) is 12.5. The first-order chi connectivity index (χ1) is 18.0. The number of hydrogen-bond donors (Lipinski definition) is 1. The van der Waals surface area contributed by atoms with Gasteiger partial charge in [-0.25, -0.2) is 5.01 Å². The number of benzene rings is 3. The van der Waals surface area contributed by atoms with Crippen molar-refractivity contribution in [2.45, 2.75) is 33.1 Å². The molecule has 1 aliphatic heterocycles. The van der Waals surface area contributed by atoms with Crippen molar-refractivity contribution >= 4 is 23.6 Å². The SMILES string of the molecule is CCOc1cc(/C=C2\C(=O)NN(c3ccccc3)C2=O)ccc1OCCOc1ccc([C@@H](C)CC)cc1. The molecule has 3 aromatic rings. The van der Waals surface area contributed by atoms with Gasteiger partial charge in [0.25, 0.3) is 11.8 Å². The number of amides is 2. The molecule has 1 heterocycles. The van der Waals surface area contributed by atoms with Gasteiger partial charge >= 0.3 is 0 Å². The summed E-state index contributed by atoms with van der Waals surface area (Å²) in [6.07, 6.45) is 2.65. The summed E-state index contributed by atoms with van der Waals surface area (Å²) >= 11 is 0. The number of nitrogens with zero attached hydrogens (tertiary/aromatic N) is 1. The minimum Gasteiger partial charge on any atom is -0.490 e. The van der Waals surface area contributed by atoms with Gasteiger partial charge in [0, 0.05) is 0 Å². The van der Waals surface area contributed by atoms with E-state index in [9.17, 15) is 9.59 Å². The standard InChI is InChI=1S/C30H32N2O5/c1-4-21(3)23-12-14-25(15-13-23)36-17-18-37-27-16-11-22(20-28(27)35-5-2)19-26-29(33)31-32(30(26)34)24-9-7-6-8-10-24/h6-16,19-21H,4-5,17-18H2,1-3H3,(H,31,33)/b26-19+/t21-/m0/s1. The Morgan fingerprint density at radius 1 is 0.865 bits per heavy atom. The van der Waals surface area contributed by atoms with Crippen molar-refractivity contribution in [2.75, 3.05) is 24.8 Å². The molecule has 2 amide bonds. The summed E-state index contributed by atoms with van der Waals surface area (Å²) in [7, 11) is 0. The van der Waals surface area contributed by atoms with Gasteiger partial charge in [0.05, 0.1) is 12.3 Å². The molecule has 4 rings (SSSR count). The maximum atomic E-state index is 12.9. The highest BCUT2D eigenvalue weighted by Crippen LogP contribution is 2.30. The van der Waals surface area contributed by atoms with E-state index in [2.05, 4.69) is 31.4 Å². The number of hydrazine groups is 1. The summed E-state index contributed by atoms with van der Waals surface area (Å²) < 4.78 is 17.5. The van der Waals surface area contributed by atoms with Gasteiger partial charge in [0.2, 0.25) is 0 Å². The highest BCUT2D eigenvalue weighted by atomic mass is 16.5. The molecule has 0 aliphatic carbocycles. The number of para-hydroxylation sites is 1. The molecule has 1 N–H and O–H groups in total. The number of nitrogens with one attached hydrogen (secondary N) is 1. The topological polar surface area (TPSA) is 77.1 Å². The second kappa shape index (κ2) is 12.1. The van der Waals surface area contributed by atoms with Crippen LogP contribution in [0.1, 0.15) is 44.2 Å². The van der Waals surface area contributed by atoms with E-state index < -0.39 is 11.8 Å². The van der Waals surface area contributed by atoms with Gasteiger partial charge < -0.3 is 14.2 Å². The predicted molar refractivity (Wildman–Crippen MR) is 144 cm³/mol. The van der Waals surface area contributed by atoms with E-state index in [1.165, 1.54) is 10.6 Å². The van der Waals surface area contributed by atoms with Crippen LogP contribution in [0.2, 0.25) is 0 Å². The van der Waals surface area contributed by atoms with Crippen LogP contribution in [0.25, 0.3) is 6.08 Å². The van der Waals surface area contributed by atoms with Gasteiger partial charge in [-0.05, 0) is 72.9 Å². The fraction of sp³-hybridized carbons (Fsp3) is 0.267. The van der Waals surface area contributed by atoms with Gasteiger partial charge in [-0.1, -0.05) is 50.2 Å². The van der Waals surface area contributed by atoms with Crippen LogP contribution < -0.4 is 24.6 Å². The Morgan fingerprint density at radius 2 is 1.59 bits per heavy atom. The monoisotopic (exact) mass is 500 g/mol. The molecule has 1 aliphatic rings. The lowest BCUT2D eigenvalue weighted by atomic mass is 9.99. The minimum absolute atomic E-state index is 0.0488. The van der Waals surface area contributed by atoms with Crippen LogP contribution in [0.15, 0.2) is 78.4 Å². The summed E-state index contributed by atoms with van der Waals surface area (Å²) in [6, 6.07) is 22.4. The third-order valence-electron chi connectivity index (χ3n) is 6.16. The quantitative estimate of drug-likeness (QED) is 0.213. The molecule has 0 bridgehead atoms. The summed E-state index contributed by atoms with van der Waals surface area (Å²) in [5, 5.41) is 1.24. The van der Waals surface area contributed by atoms with Gasteiger partial charge in [-0.2, -0.15) is 0 Å². The second-order valence-corrected chi connectivity index (χ2v) is 8.69. The predicted octanol–water partition coefficient (Wildman–Crippen LogP) is 5.52. The smallest absolute Gasteiger partial charge is 0.282 e. The molecular weight excluding hydrogens is 468 g/mol. The molecule has 37 heavy (non-hydrogen) atoms. The number of carbonyl (C=O) groups is 2. The maximum absolute atomic E-state index is 12.9. The largest absolute Gasteiger partial charge is 0.490 e. The van der Waals surface area contributed by atoms with E-state index in [-0.39, 0.29) is 5.57 Å². The number of ether oxygens (including phenoxy) is 3. The van der Waals surface area contributed by atoms with E-state index in [4.69, 9.17) is 14.2 Å². The van der Waals surface area contributed by atoms with Gasteiger partial charge in [0.1, 0.15) is 24.5 Å². The summed E-state index contributed by atoms with van der Waals surface area (Å²) in [5.74, 6) is 1.54. The summed E-state index contributed by atoms with van der Waals surface area (Å²) in [4.78, 5) is 25.4. The van der Waals surface area contributed by atoms with E-state index in [1.54, 1.807) is 48.5 Å².